The van der Waals surface area contributed by atoms with E-state index in [-0.39, 0.29) is 0 Å². The standard InChI is InChI=1S/C21H19N5O/c1-14-7-6-8-17(15(14)2)18-11-10-16(13-20(18)27-3)26-24-21(23-25-26)19-9-4-5-12-22-19/h4-13H,1-3H3. The van der Waals surface area contributed by atoms with Crippen LogP contribution in [-0.2, 0) is 0 Å². The fourth-order valence-corrected chi connectivity index (χ4v) is 2.99. The van der Waals surface area contributed by atoms with Gasteiger partial charge in [0.05, 0.1) is 12.8 Å². The van der Waals surface area contributed by atoms with Gasteiger partial charge in [0.25, 0.3) is 0 Å². The van der Waals surface area contributed by atoms with E-state index in [2.05, 4.69) is 52.4 Å². The topological polar surface area (TPSA) is 65.7 Å². The summed E-state index contributed by atoms with van der Waals surface area (Å²) in [6, 6.07) is 17.8. The van der Waals surface area contributed by atoms with E-state index < -0.39 is 0 Å². The molecule has 4 aromatic rings. The molecule has 0 aliphatic carbocycles. The van der Waals surface area contributed by atoms with Crippen molar-refractivity contribution < 1.29 is 4.74 Å². The molecule has 0 unspecified atom stereocenters. The van der Waals surface area contributed by atoms with Crippen LogP contribution in [0.25, 0.3) is 28.3 Å². The molecule has 0 amide bonds. The van der Waals surface area contributed by atoms with E-state index in [0.29, 0.717) is 11.5 Å². The van der Waals surface area contributed by atoms with Gasteiger partial charge in [0, 0.05) is 17.8 Å². The Morgan fingerprint density at radius 2 is 1.81 bits per heavy atom. The lowest BCUT2D eigenvalue weighted by Crippen LogP contribution is -2.01. The van der Waals surface area contributed by atoms with Gasteiger partial charge in [-0.1, -0.05) is 24.3 Å². The second kappa shape index (κ2) is 6.99. The van der Waals surface area contributed by atoms with Crippen LogP contribution in [0, 0.1) is 13.8 Å². The molecule has 6 nitrogen and oxygen atoms in total. The zero-order chi connectivity index (χ0) is 18.8. The average Bonchev–Trinajstić information content (AvgIpc) is 3.21. The van der Waals surface area contributed by atoms with Crippen molar-refractivity contribution in [2.75, 3.05) is 7.11 Å². The number of methoxy groups -OCH3 is 1. The van der Waals surface area contributed by atoms with Gasteiger partial charge in [-0.15, -0.1) is 15.0 Å². The highest BCUT2D eigenvalue weighted by Gasteiger charge is 2.13. The summed E-state index contributed by atoms with van der Waals surface area (Å²) in [5.74, 6) is 1.24. The van der Waals surface area contributed by atoms with Gasteiger partial charge in [-0.05, 0) is 60.0 Å². The number of tetrazole rings is 1. The van der Waals surface area contributed by atoms with Crippen molar-refractivity contribution in [2.45, 2.75) is 13.8 Å². The lowest BCUT2D eigenvalue weighted by molar-refractivity contribution is 0.416. The van der Waals surface area contributed by atoms with Crippen molar-refractivity contribution >= 4 is 0 Å². The fraction of sp³-hybridized carbons (Fsp3) is 0.143. The molecule has 2 heterocycles. The van der Waals surface area contributed by atoms with Crippen LogP contribution >= 0.6 is 0 Å². The number of nitrogens with zero attached hydrogens (tertiary/aromatic N) is 5. The van der Waals surface area contributed by atoms with E-state index in [4.69, 9.17) is 4.74 Å². The van der Waals surface area contributed by atoms with E-state index in [0.717, 1.165) is 22.6 Å². The SMILES string of the molecule is COc1cc(-n2nnc(-c3ccccn3)n2)ccc1-c1cccc(C)c1C. The molecule has 0 spiro atoms. The van der Waals surface area contributed by atoms with E-state index in [1.165, 1.54) is 15.9 Å². The van der Waals surface area contributed by atoms with Crippen LogP contribution in [0.4, 0.5) is 0 Å². The average molecular weight is 357 g/mol. The van der Waals surface area contributed by atoms with Crippen molar-refractivity contribution in [3.63, 3.8) is 0 Å². The molecule has 0 aliphatic rings. The third-order valence-electron chi connectivity index (χ3n) is 4.62. The first kappa shape index (κ1) is 16.9. The lowest BCUT2D eigenvalue weighted by Gasteiger charge is -2.13. The van der Waals surface area contributed by atoms with Crippen LogP contribution < -0.4 is 4.74 Å². The van der Waals surface area contributed by atoms with Crippen LogP contribution in [0.1, 0.15) is 11.1 Å². The molecule has 0 radical (unpaired) electrons. The summed E-state index contributed by atoms with van der Waals surface area (Å²) >= 11 is 0. The number of ether oxygens (including phenoxy) is 1. The molecule has 0 saturated heterocycles. The highest BCUT2D eigenvalue weighted by molar-refractivity contribution is 5.75. The molecule has 0 bridgehead atoms. The highest BCUT2D eigenvalue weighted by Crippen LogP contribution is 2.34. The Bertz CT molecular complexity index is 1090. The summed E-state index contributed by atoms with van der Waals surface area (Å²) in [6.07, 6.45) is 1.71. The summed E-state index contributed by atoms with van der Waals surface area (Å²) in [4.78, 5) is 5.74. The third-order valence-corrected chi connectivity index (χ3v) is 4.62. The number of hydrogen-bond acceptors (Lipinski definition) is 5. The van der Waals surface area contributed by atoms with E-state index in [1.54, 1.807) is 13.3 Å². The highest BCUT2D eigenvalue weighted by atomic mass is 16.5. The first-order chi connectivity index (χ1) is 13.2. The van der Waals surface area contributed by atoms with Gasteiger partial charge < -0.3 is 4.74 Å². The van der Waals surface area contributed by atoms with Crippen molar-refractivity contribution in [3.05, 3.63) is 71.9 Å². The van der Waals surface area contributed by atoms with Crippen molar-refractivity contribution in [3.8, 4) is 34.1 Å². The Kier molecular flexibility index (Phi) is 4.38. The number of benzene rings is 2. The van der Waals surface area contributed by atoms with Gasteiger partial charge in [-0.2, -0.15) is 0 Å². The Balaban J connectivity index is 1.74. The van der Waals surface area contributed by atoms with Gasteiger partial charge in [-0.3, -0.25) is 4.98 Å². The quantitative estimate of drug-likeness (QED) is 0.552. The second-order valence-electron chi connectivity index (χ2n) is 6.25. The third kappa shape index (κ3) is 3.17. The van der Waals surface area contributed by atoms with Gasteiger partial charge in [0.2, 0.25) is 5.82 Å². The van der Waals surface area contributed by atoms with Crippen LogP contribution in [0.15, 0.2) is 60.8 Å². The van der Waals surface area contributed by atoms with E-state index >= 15 is 0 Å². The second-order valence-corrected chi connectivity index (χ2v) is 6.25. The first-order valence-electron chi connectivity index (χ1n) is 8.64. The Morgan fingerprint density at radius 1 is 0.926 bits per heavy atom. The molecule has 0 atom stereocenters. The van der Waals surface area contributed by atoms with Crippen molar-refractivity contribution in [1.82, 2.24) is 25.2 Å². The van der Waals surface area contributed by atoms with Crippen LogP contribution in [0.3, 0.4) is 0 Å². The Morgan fingerprint density at radius 3 is 2.59 bits per heavy atom. The number of pyridine rings is 1. The number of rotatable bonds is 4. The molecule has 6 heteroatoms. The van der Waals surface area contributed by atoms with Gasteiger partial charge in [-0.25, -0.2) is 0 Å². The van der Waals surface area contributed by atoms with Crippen LogP contribution in [-0.4, -0.2) is 32.3 Å². The summed E-state index contributed by atoms with van der Waals surface area (Å²) in [7, 11) is 1.67. The molecule has 0 aliphatic heterocycles. The summed E-state index contributed by atoms with van der Waals surface area (Å²) in [5, 5.41) is 12.7. The molecular weight excluding hydrogens is 338 g/mol. The monoisotopic (exact) mass is 357 g/mol. The number of hydrogen-bond donors (Lipinski definition) is 0. The van der Waals surface area contributed by atoms with E-state index in [9.17, 15) is 0 Å². The van der Waals surface area contributed by atoms with Crippen molar-refractivity contribution in [2.24, 2.45) is 0 Å². The Hall–Kier alpha value is -3.54. The largest absolute Gasteiger partial charge is 0.496 e. The normalized spacial score (nSPS) is 10.8. The maximum Gasteiger partial charge on any atom is 0.223 e. The predicted molar refractivity (Wildman–Crippen MR) is 104 cm³/mol. The minimum atomic E-state index is 0.480. The summed E-state index contributed by atoms with van der Waals surface area (Å²) < 4.78 is 5.65. The maximum atomic E-state index is 5.65. The summed E-state index contributed by atoms with van der Waals surface area (Å²) in [5.41, 5.74) is 6.13. The van der Waals surface area contributed by atoms with Gasteiger partial charge in [0.15, 0.2) is 0 Å². The molecular formula is C21H19N5O. The van der Waals surface area contributed by atoms with Gasteiger partial charge in [0.1, 0.15) is 11.4 Å². The number of aromatic nitrogens is 5. The molecule has 134 valence electrons. The minimum absolute atomic E-state index is 0.480. The minimum Gasteiger partial charge on any atom is -0.496 e. The zero-order valence-electron chi connectivity index (χ0n) is 15.4. The molecule has 0 N–H and O–H groups in total. The molecule has 4 rings (SSSR count). The predicted octanol–water partition coefficient (Wildman–Crippen LogP) is 4.02. The number of aryl methyl sites for hydroxylation is 1. The van der Waals surface area contributed by atoms with Crippen LogP contribution in [0.5, 0.6) is 5.75 Å². The molecule has 0 fully saturated rings. The van der Waals surface area contributed by atoms with Crippen LogP contribution in [0.2, 0.25) is 0 Å². The molecule has 2 aromatic carbocycles. The smallest absolute Gasteiger partial charge is 0.223 e. The first-order valence-corrected chi connectivity index (χ1v) is 8.64. The zero-order valence-corrected chi connectivity index (χ0v) is 15.4. The molecule has 27 heavy (non-hydrogen) atoms. The maximum absolute atomic E-state index is 5.65. The molecule has 0 saturated carbocycles. The van der Waals surface area contributed by atoms with Gasteiger partial charge >= 0.3 is 0 Å². The molecule has 2 aromatic heterocycles. The lowest BCUT2D eigenvalue weighted by atomic mass is 9.96. The van der Waals surface area contributed by atoms with E-state index in [1.807, 2.05) is 36.4 Å². The fourth-order valence-electron chi connectivity index (χ4n) is 2.99. The Labute approximate surface area is 157 Å². The van der Waals surface area contributed by atoms with Crippen molar-refractivity contribution in [1.29, 1.82) is 0 Å². The summed E-state index contributed by atoms with van der Waals surface area (Å²) in [6.45, 7) is 4.23.